The van der Waals surface area contributed by atoms with E-state index in [9.17, 15) is 13.2 Å². The van der Waals surface area contributed by atoms with Crippen LogP contribution in [0.2, 0.25) is 0 Å². The van der Waals surface area contributed by atoms with Crippen LogP contribution in [-0.4, -0.2) is 38.5 Å². The van der Waals surface area contributed by atoms with Crippen molar-refractivity contribution in [3.8, 4) is 11.5 Å². The number of carbonyl (C=O) groups is 1. The summed E-state index contributed by atoms with van der Waals surface area (Å²) in [6, 6.07) is 13.4. The van der Waals surface area contributed by atoms with Gasteiger partial charge in [-0.05, 0) is 29.7 Å². The van der Waals surface area contributed by atoms with Crippen molar-refractivity contribution >= 4 is 16.1 Å². The number of hydrogen-bond acceptors (Lipinski definition) is 5. The summed E-state index contributed by atoms with van der Waals surface area (Å²) in [5.41, 5.74) is 1.67. The van der Waals surface area contributed by atoms with Gasteiger partial charge in [0.05, 0.1) is 6.04 Å². The number of ether oxygens (including phenoxy) is 2. The lowest BCUT2D eigenvalue weighted by Gasteiger charge is -2.36. The van der Waals surface area contributed by atoms with Crippen molar-refractivity contribution in [3.05, 3.63) is 59.7 Å². The molecular formula is C19H21N3O5S. The highest BCUT2D eigenvalue weighted by molar-refractivity contribution is 7.87. The van der Waals surface area contributed by atoms with Crippen LogP contribution in [0.25, 0.3) is 0 Å². The average Bonchev–Trinajstić information content (AvgIpc) is 3.16. The molecule has 2 heterocycles. The van der Waals surface area contributed by atoms with Crippen molar-refractivity contribution < 1.29 is 22.7 Å². The summed E-state index contributed by atoms with van der Waals surface area (Å²) in [5.74, 6) is 0.861. The Hall–Kier alpha value is -2.62. The summed E-state index contributed by atoms with van der Waals surface area (Å²) in [6.45, 7) is 0.481. The normalized spacial score (nSPS) is 23.3. The van der Waals surface area contributed by atoms with Gasteiger partial charge in [-0.3, -0.25) is 4.79 Å². The number of benzene rings is 2. The molecule has 9 heteroatoms. The molecule has 0 aliphatic carbocycles. The van der Waals surface area contributed by atoms with Gasteiger partial charge in [-0.25, -0.2) is 0 Å². The molecule has 148 valence electrons. The molecule has 1 saturated heterocycles. The third-order valence-electron chi connectivity index (χ3n) is 4.98. The minimum Gasteiger partial charge on any atom is -0.454 e. The van der Waals surface area contributed by atoms with E-state index in [1.165, 1.54) is 7.05 Å². The maximum atomic E-state index is 12.7. The molecule has 2 unspecified atom stereocenters. The fraction of sp³-hybridized carbons (Fsp3) is 0.316. The lowest BCUT2D eigenvalue weighted by molar-refractivity contribution is -0.125. The fourth-order valence-electron chi connectivity index (χ4n) is 3.36. The van der Waals surface area contributed by atoms with Gasteiger partial charge in [0.1, 0.15) is 6.04 Å². The molecule has 0 radical (unpaired) electrons. The first-order chi connectivity index (χ1) is 13.4. The SMILES string of the molecule is CN1C(C(=O)NCc2ccccc2)CC(c2ccc3c(c2)OCO3)NS1(=O)=O. The zero-order valence-electron chi connectivity index (χ0n) is 15.3. The minimum absolute atomic E-state index is 0.141. The van der Waals surface area contributed by atoms with E-state index in [4.69, 9.17) is 9.47 Å². The molecule has 2 atom stereocenters. The molecule has 2 aliphatic heterocycles. The van der Waals surface area contributed by atoms with E-state index in [2.05, 4.69) is 10.0 Å². The van der Waals surface area contributed by atoms with Gasteiger partial charge in [0.2, 0.25) is 12.7 Å². The Bertz CT molecular complexity index is 980. The van der Waals surface area contributed by atoms with Crippen LogP contribution in [0.1, 0.15) is 23.6 Å². The van der Waals surface area contributed by atoms with Gasteiger partial charge in [0, 0.05) is 13.6 Å². The van der Waals surface area contributed by atoms with Crippen LogP contribution in [0, 0.1) is 0 Å². The molecule has 2 aromatic rings. The lowest BCUT2D eigenvalue weighted by Crippen LogP contribution is -2.57. The molecule has 4 rings (SSSR count). The summed E-state index contributed by atoms with van der Waals surface area (Å²) in [7, 11) is -2.39. The molecule has 0 saturated carbocycles. The van der Waals surface area contributed by atoms with Gasteiger partial charge in [-0.2, -0.15) is 17.4 Å². The largest absolute Gasteiger partial charge is 0.454 e. The first kappa shape index (κ1) is 18.7. The van der Waals surface area contributed by atoms with Crippen molar-refractivity contribution in [2.75, 3.05) is 13.8 Å². The minimum atomic E-state index is -3.80. The fourth-order valence-corrected chi connectivity index (χ4v) is 4.63. The number of likely N-dealkylation sites (N-methyl/N-ethyl adjacent to an activating group) is 1. The molecule has 28 heavy (non-hydrogen) atoms. The maximum Gasteiger partial charge on any atom is 0.280 e. The molecule has 1 amide bonds. The molecule has 8 nitrogen and oxygen atoms in total. The summed E-state index contributed by atoms with van der Waals surface area (Å²) < 4.78 is 39.5. The van der Waals surface area contributed by atoms with E-state index in [0.29, 0.717) is 24.5 Å². The molecule has 0 aromatic heterocycles. The van der Waals surface area contributed by atoms with Gasteiger partial charge in [-0.1, -0.05) is 36.4 Å². The third-order valence-corrected chi connectivity index (χ3v) is 6.57. The Kier molecular flexibility index (Phi) is 4.96. The van der Waals surface area contributed by atoms with Gasteiger partial charge in [0.15, 0.2) is 11.5 Å². The highest BCUT2D eigenvalue weighted by Crippen LogP contribution is 2.36. The standard InChI is InChI=1S/C19H21N3O5S/c1-22-16(19(23)20-11-13-5-3-2-4-6-13)10-15(21-28(22,24)25)14-7-8-17-18(9-14)27-12-26-17/h2-9,15-16,21H,10-12H2,1H3,(H,20,23). The number of nitrogens with zero attached hydrogens (tertiary/aromatic N) is 1. The predicted octanol–water partition coefficient (Wildman–Crippen LogP) is 1.31. The molecular weight excluding hydrogens is 382 g/mol. The summed E-state index contributed by atoms with van der Waals surface area (Å²) in [6.07, 6.45) is 0.302. The Balaban J connectivity index is 1.52. The number of nitrogens with one attached hydrogen (secondary N) is 2. The monoisotopic (exact) mass is 403 g/mol. The smallest absolute Gasteiger partial charge is 0.280 e. The van der Waals surface area contributed by atoms with Crippen molar-refractivity contribution in [3.63, 3.8) is 0 Å². The van der Waals surface area contributed by atoms with Gasteiger partial charge in [-0.15, -0.1) is 0 Å². The molecule has 1 fully saturated rings. The van der Waals surface area contributed by atoms with E-state index in [1.54, 1.807) is 18.2 Å². The average molecular weight is 403 g/mol. The van der Waals surface area contributed by atoms with Crippen molar-refractivity contribution in [1.29, 1.82) is 0 Å². The van der Waals surface area contributed by atoms with Gasteiger partial charge in [0.25, 0.3) is 10.2 Å². The zero-order valence-corrected chi connectivity index (χ0v) is 16.1. The number of fused-ring (bicyclic) bond motifs is 1. The van der Waals surface area contributed by atoms with Gasteiger partial charge >= 0.3 is 0 Å². The second-order valence-corrected chi connectivity index (χ2v) is 8.52. The Morgan fingerprint density at radius 2 is 1.93 bits per heavy atom. The van der Waals surface area contributed by atoms with E-state index < -0.39 is 22.3 Å². The third kappa shape index (κ3) is 3.68. The Morgan fingerprint density at radius 3 is 2.71 bits per heavy atom. The van der Waals surface area contributed by atoms with Gasteiger partial charge < -0.3 is 14.8 Å². The number of rotatable bonds is 4. The lowest BCUT2D eigenvalue weighted by atomic mass is 9.99. The van der Waals surface area contributed by atoms with Crippen LogP contribution in [0.5, 0.6) is 11.5 Å². The Morgan fingerprint density at radius 1 is 1.18 bits per heavy atom. The van der Waals surface area contributed by atoms with Crippen LogP contribution in [-0.2, 0) is 21.5 Å². The summed E-state index contributed by atoms with van der Waals surface area (Å²) in [4.78, 5) is 12.7. The summed E-state index contributed by atoms with van der Waals surface area (Å²) >= 11 is 0. The quantitative estimate of drug-likeness (QED) is 0.802. The van der Waals surface area contributed by atoms with Crippen molar-refractivity contribution in [2.24, 2.45) is 0 Å². The van der Waals surface area contributed by atoms with Crippen molar-refractivity contribution in [2.45, 2.75) is 25.0 Å². The molecule has 2 aliphatic rings. The van der Waals surface area contributed by atoms with E-state index in [0.717, 1.165) is 15.4 Å². The number of hydrogen-bond donors (Lipinski definition) is 2. The van der Waals surface area contributed by atoms with Crippen molar-refractivity contribution in [1.82, 2.24) is 14.3 Å². The topological polar surface area (TPSA) is 97.0 Å². The van der Waals surface area contributed by atoms with Crippen LogP contribution in [0.4, 0.5) is 0 Å². The first-order valence-corrected chi connectivity index (χ1v) is 10.3. The second-order valence-electron chi connectivity index (χ2n) is 6.76. The van der Waals surface area contributed by atoms with Crippen LogP contribution in [0.15, 0.2) is 48.5 Å². The number of carbonyl (C=O) groups excluding carboxylic acids is 1. The highest BCUT2D eigenvalue weighted by atomic mass is 32.2. The Labute approximate surface area is 163 Å². The predicted molar refractivity (Wildman–Crippen MR) is 102 cm³/mol. The molecule has 2 aromatic carbocycles. The second kappa shape index (κ2) is 7.42. The van der Waals surface area contributed by atoms with E-state index in [1.807, 2.05) is 30.3 Å². The van der Waals surface area contributed by atoms with Crippen LogP contribution >= 0.6 is 0 Å². The molecule has 0 bridgehead atoms. The van der Waals surface area contributed by atoms with E-state index in [-0.39, 0.29) is 12.7 Å². The van der Waals surface area contributed by atoms with Crippen LogP contribution in [0.3, 0.4) is 0 Å². The zero-order chi connectivity index (χ0) is 19.7. The highest BCUT2D eigenvalue weighted by Gasteiger charge is 2.40. The maximum absolute atomic E-state index is 12.7. The molecule has 2 N–H and O–H groups in total. The van der Waals surface area contributed by atoms with E-state index >= 15 is 0 Å². The summed E-state index contributed by atoms with van der Waals surface area (Å²) in [5, 5.41) is 2.83. The first-order valence-electron chi connectivity index (χ1n) is 8.90. The number of amides is 1. The molecule has 0 spiro atoms. The van der Waals surface area contributed by atoms with Crippen LogP contribution < -0.4 is 19.5 Å².